The number of quaternary nitrogens is 1. The smallest absolute Gasteiger partial charge is 0.407 e. The molecule has 6 nitrogen and oxygen atoms in total. The summed E-state index contributed by atoms with van der Waals surface area (Å²) in [5.41, 5.74) is 3.95. The zero-order valence-corrected chi connectivity index (χ0v) is 19.4. The van der Waals surface area contributed by atoms with Crippen LogP contribution in [0.4, 0.5) is 4.79 Å². The first-order valence-electron chi connectivity index (χ1n) is 11.5. The molecule has 2 N–H and O–H groups in total. The molecule has 174 valence electrons. The number of carboxylic acid groups (broad SMARTS) is 1. The Labute approximate surface area is 195 Å². The number of carboxylic acids is 1. The summed E-state index contributed by atoms with van der Waals surface area (Å²) in [6, 6.07) is 15.2. The first-order chi connectivity index (χ1) is 15.8. The van der Waals surface area contributed by atoms with Crippen LogP contribution in [0.2, 0.25) is 0 Å². The molecule has 0 unspecified atom stereocenters. The van der Waals surface area contributed by atoms with E-state index in [0.717, 1.165) is 41.6 Å². The van der Waals surface area contributed by atoms with Gasteiger partial charge in [-0.15, -0.1) is 6.58 Å². The number of carbonyl (C=O) groups is 2. The van der Waals surface area contributed by atoms with Crippen molar-refractivity contribution in [2.75, 3.05) is 33.8 Å². The fraction of sp³-hybridized carbons (Fsp3) is 0.407. The van der Waals surface area contributed by atoms with Crippen LogP contribution in [-0.4, -0.2) is 61.5 Å². The van der Waals surface area contributed by atoms with E-state index < -0.39 is 23.5 Å². The summed E-state index contributed by atoms with van der Waals surface area (Å²) in [5.74, 6) is -1.11. The van der Waals surface area contributed by atoms with Crippen molar-refractivity contribution in [1.82, 2.24) is 5.32 Å². The molecule has 6 heteroatoms. The molecular formula is C27H33N2O4+. The molecule has 0 saturated carbocycles. The molecule has 2 aliphatic rings. The number of hydrogen-bond donors (Lipinski definition) is 2. The molecule has 1 aliphatic carbocycles. The van der Waals surface area contributed by atoms with Crippen LogP contribution in [0.1, 0.15) is 36.3 Å². The van der Waals surface area contributed by atoms with Crippen LogP contribution >= 0.6 is 0 Å². The van der Waals surface area contributed by atoms with Crippen molar-refractivity contribution in [3.05, 3.63) is 72.3 Å². The van der Waals surface area contributed by atoms with E-state index in [9.17, 15) is 14.7 Å². The molecule has 1 aliphatic heterocycles. The molecule has 0 radical (unpaired) electrons. The predicted octanol–water partition coefficient (Wildman–Crippen LogP) is 4.41. The second-order valence-electron chi connectivity index (χ2n) is 10.0. The highest BCUT2D eigenvalue weighted by atomic mass is 16.5. The van der Waals surface area contributed by atoms with Crippen LogP contribution in [0.25, 0.3) is 11.1 Å². The molecule has 0 aromatic heterocycles. The highest BCUT2D eigenvalue weighted by Crippen LogP contribution is 2.44. The second-order valence-corrected chi connectivity index (χ2v) is 10.0. The summed E-state index contributed by atoms with van der Waals surface area (Å²) in [6.07, 6.45) is 3.22. The van der Waals surface area contributed by atoms with E-state index in [0.29, 0.717) is 17.4 Å². The number of allylic oxidation sites excluding steroid dienone is 1. The summed E-state index contributed by atoms with van der Waals surface area (Å²) < 4.78 is 6.35. The fourth-order valence-electron chi connectivity index (χ4n) is 5.91. The summed E-state index contributed by atoms with van der Waals surface area (Å²) >= 11 is 0. The van der Waals surface area contributed by atoms with Gasteiger partial charge in [0.25, 0.3) is 0 Å². The van der Waals surface area contributed by atoms with Gasteiger partial charge in [-0.05, 0) is 41.5 Å². The molecule has 0 spiro atoms. The van der Waals surface area contributed by atoms with E-state index in [1.807, 2.05) is 24.3 Å². The van der Waals surface area contributed by atoms with Crippen molar-refractivity contribution in [3.8, 4) is 11.1 Å². The highest BCUT2D eigenvalue weighted by Gasteiger charge is 2.50. The van der Waals surface area contributed by atoms with Crippen LogP contribution < -0.4 is 5.32 Å². The molecule has 33 heavy (non-hydrogen) atoms. The Balaban J connectivity index is 1.50. The quantitative estimate of drug-likeness (QED) is 0.485. The predicted molar refractivity (Wildman–Crippen MR) is 128 cm³/mol. The second kappa shape index (κ2) is 9.02. The molecular weight excluding hydrogens is 416 g/mol. The van der Waals surface area contributed by atoms with Gasteiger partial charge < -0.3 is 19.6 Å². The van der Waals surface area contributed by atoms with E-state index in [2.05, 4.69) is 50.3 Å². The number of aliphatic carboxylic acids is 1. The van der Waals surface area contributed by atoms with Crippen molar-refractivity contribution >= 4 is 12.1 Å². The van der Waals surface area contributed by atoms with E-state index in [4.69, 9.17) is 4.74 Å². The van der Waals surface area contributed by atoms with Crippen molar-refractivity contribution in [2.45, 2.75) is 31.2 Å². The number of nitrogens with one attached hydrogen (secondary N) is 1. The van der Waals surface area contributed by atoms with Gasteiger partial charge in [0.15, 0.2) is 0 Å². The molecule has 2 aromatic rings. The van der Waals surface area contributed by atoms with E-state index >= 15 is 0 Å². The Bertz CT molecular complexity index is 1020. The summed E-state index contributed by atoms with van der Waals surface area (Å²) in [7, 11) is 4.20. The molecule has 2 aromatic carbocycles. The topological polar surface area (TPSA) is 75.6 Å². The van der Waals surface area contributed by atoms with Crippen molar-refractivity contribution in [2.24, 2.45) is 5.41 Å². The molecule has 1 fully saturated rings. The number of piperidine rings is 1. The van der Waals surface area contributed by atoms with E-state index in [1.54, 1.807) is 6.08 Å². The number of benzene rings is 2. The van der Waals surface area contributed by atoms with Gasteiger partial charge in [-0.25, -0.2) is 9.59 Å². The molecule has 1 saturated heterocycles. The van der Waals surface area contributed by atoms with Crippen LogP contribution in [-0.2, 0) is 9.53 Å². The molecule has 1 amide bonds. The lowest BCUT2D eigenvalue weighted by atomic mass is 9.70. The first-order valence-corrected chi connectivity index (χ1v) is 11.5. The van der Waals surface area contributed by atoms with Crippen LogP contribution in [0.3, 0.4) is 0 Å². The Kier molecular flexibility index (Phi) is 6.30. The van der Waals surface area contributed by atoms with E-state index in [-0.39, 0.29) is 12.5 Å². The molecule has 1 heterocycles. The maximum absolute atomic E-state index is 12.9. The number of alkyl carbamates (subject to hydrolysis) is 1. The van der Waals surface area contributed by atoms with Gasteiger partial charge in [0.1, 0.15) is 12.6 Å². The third-order valence-electron chi connectivity index (χ3n) is 7.20. The maximum atomic E-state index is 12.9. The Morgan fingerprint density at radius 2 is 1.79 bits per heavy atom. The summed E-state index contributed by atoms with van der Waals surface area (Å²) in [6.45, 7) is 5.65. The van der Waals surface area contributed by atoms with Crippen molar-refractivity contribution in [1.29, 1.82) is 0 Å². The third-order valence-corrected chi connectivity index (χ3v) is 7.20. The van der Waals surface area contributed by atoms with Gasteiger partial charge in [0.05, 0.1) is 32.6 Å². The van der Waals surface area contributed by atoms with Gasteiger partial charge in [-0.3, -0.25) is 0 Å². The number of fused-ring (bicyclic) bond motifs is 3. The summed E-state index contributed by atoms with van der Waals surface area (Å²) in [4.78, 5) is 25.2. The minimum absolute atomic E-state index is 0.0705. The third kappa shape index (κ3) is 4.53. The highest BCUT2D eigenvalue weighted by molar-refractivity contribution is 5.81. The number of amides is 1. The van der Waals surface area contributed by atoms with E-state index in [1.165, 1.54) is 0 Å². The van der Waals surface area contributed by atoms with Gasteiger partial charge >= 0.3 is 12.1 Å². The van der Waals surface area contributed by atoms with Gasteiger partial charge in [-0.1, -0.05) is 54.6 Å². The van der Waals surface area contributed by atoms with Gasteiger partial charge in [-0.2, -0.15) is 0 Å². The number of likely N-dealkylation sites (tertiary alicyclic amines) is 1. The first kappa shape index (κ1) is 23.1. The zero-order valence-electron chi connectivity index (χ0n) is 19.4. The average Bonchev–Trinajstić information content (AvgIpc) is 3.09. The number of rotatable bonds is 7. The number of nitrogens with zero attached hydrogens (tertiary/aromatic N) is 1. The monoisotopic (exact) mass is 449 g/mol. The fourth-order valence-corrected chi connectivity index (χ4v) is 5.91. The zero-order chi connectivity index (χ0) is 23.6. The average molecular weight is 450 g/mol. The standard InChI is InChI=1S/C27H32N2O4/c1-4-14-27(15-9-16-29(2,3)18-27)24(25(30)31)28-26(32)33-17-23-21-12-7-5-10-19(21)20-11-6-8-13-22(20)23/h4-8,10-13,23-24H,1,9,14-18H2,2-3H3,(H-,28,30,31,32)/p+1/t24-,27-/m0/s1. The lowest BCUT2D eigenvalue weighted by molar-refractivity contribution is -0.902. The maximum Gasteiger partial charge on any atom is 0.407 e. The molecule has 4 rings (SSSR count). The Hall–Kier alpha value is -3.12. The van der Waals surface area contributed by atoms with Crippen molar-refractivity contribution in [3.63, 3.8) is 0 Å². The minimum Gasteiger partial charge on any atom is -0.480 e. The van der Waals surface area contributed by atoms with Gasteiger partial charge in [0.2, 0.25) is 0 Å². The minimum atomic E-state index is -1.04. The van der Waals surface area contributed by atoms with Crippen LogP contribution in [0.15, 0.2) is 61.2 Å². The largest absolute Gasteiger partial charge is 0.480 e. The number of carbonyl (C=O) groups excluding carboxylic acids is 1. The summed E-state index contributed by atoms with van der Waals surface area (Å²) in [5, 5.41) is 12.8. The Morgan fingerprint density at radius 1 is 1.18 bits per heavy atom. The SMILES string of the molecule is C=CC[C@]1([C@@H](NC(=O)OCC2c3ccccc3-c3ccccc32)C(=O)O)CCC[N+](C)(C)C1. The van der Waals surface area contributed by atoms with Crippen LogP contribution in [0, 0.1) is 5.41 Å². The van der Waals surface area contributed by atoms with Gasteiger partial charge in [0, 0.05) is 5.92 Å². The lowest BCUT2D eigenvalue weighted by Gasteiger charge is -2.48. The number of ether oxygens (including phenoxy) is 1. The molecule has 2 atom stereocenters. The lowest BCUT2D eigenvalue weighted by Crippen LogP contribution is -2.62. The van der Waals surface area contributed by atoms with Crippen LogP contribution in [0.5, 0.6) is 0 Å². The molecule has 0 bridgehead atoms. The van der Waals surface area contributed by atoms with Crippen molar-refractivity contribution < 1.29 is 23.9 Å². The normalized spacial score (nSPS) is 22.0. The Morgan fingerprint density at radius 3 is 2.33 bits per heavy atom. The number of hydrogen-bond acceptors (Lipinski definition) is 3.